The van der Waals surface area contributed by atoms with E-state index in [1.165, 1.54) is 10.5 Å². The van der Waals surface area contributed by atoms with Crippen molar-refractivity contribution in [2.24, 2.45) is 5.92 Å². The van der Waals surface area contributed by atoms with Crippen molar-refractivity contribution in [3.05, 3.63) is 46.1 Å². The smallest absolute Gasteiger partial charge is 0.0794 e. The van der Waals surface area contributed by atoms with Crippen molar-refractivity contribution in [1.82, 2.24) is 9.99 Å². The predicted molar refractivity (Wildman–Crippen MR) is 72.7 cm³/mol. The van der Waals surface area contributed by atoms with Crippen molar-refractivity contribution in [2.45, 2.75) is 26.7 Å². The molecule has 0 aromatic carbocycles. The zero-order valence-electron chi connectivity index (χ0n) is 10.5. The van der Waals surface area contributed by atoms with Crippen LogP contribution in [0, 0.1) is 5.92 Å². The number of rotatable bonds is 4. The molecule has 0 bridgehead atoms. The summed E-state index contributed by atoms with van der Waals surface area (Å²) in [6.07, 6.45) is 8.05. The summed E-state index contributed by atoms with van der Waals surface area (Å²) in [5.74, 6) is 1.00. The fourth-order valence-electron chi connectivity index (χ4n) is 1.73. The number of thiazole rings is 1. The third-order valence-electron chi connectivity index (χ3n) is 2.84. The van der Waals surface area contributed by atoms with Crippen LogP contribution in [0.4, 0.5) is 0 Å². The van der Waals surface area contributed by atoms with Crippen LogP contribution in [0.3, 0.4) is 0 Å². The average molecular weight is 248 g/mol. The van der Waals surface area contributed by atoms with E-state index in [0.29, 0.717) is 11.8 Å². The highest BCUT2D eigenvalue weighted by Crippen LogP contribution is 2.25. The summed E-state index contributed by atoms with van der Waals surface area (Å²) in [6.45, 7) is 7.52. The van der Waals surface area contributed by atoms with Gasteiger partial charge in [-0.25, -0.2) is 0 Å². The Bertz CT molecular complexity index is 406. The van der Waals surface area contributed by atoms with Crippen LogP contribution in [0.1, 0.15) is 31.6 Å². The molecule has 0 aliphatic carbocycles. The summed E-state index contributed by atoms with van der Waals surface area (Å²) in [6, 6.07) is 0. The molecule has 92 valence electrons. The van der Waals surface area contributed by atoms with E-state index in [1.807, 2.05) is 22.9 Å². The zero-order chi connectivity index (χ0) is 12.3. The molecule has 1 aliphatic heterocycles. The van der Waals surface area contributed by atoms with E-state index in [4.69, 9.17) is 0 Å². The number of hydrogen-bond acceptors (Lipinski definition) is 3. The normalized spacial score (nSPS) is 16.9. The molecule has 1 aromatic rings. The third-order valence-corrected chi connectivity index (χ3v) is 3.85. The van der Waals surface area contributed by atoms with E-state index < -0.39 is 0 Å². The molecular weight excluding hydrogens is 230 g/mol. The second-order valence-corrected chi connectivity index (χ2v) is 5.56. The summed E-state index contributed by atoms with van der Waals surface area (Å²) in [5.41, 5.74) is 7.59. The van der Waals surface area contributed by atoms with E-state index in [0.717, 1.165) is 6.54 Å². The largest absolute Gasteiger partial charge is 0.601 e. The van der Waals surface area contributed by atoms with Gasteiger partial charge in [0, 0.05) is 23.5 Å². The standard InChI is InChI=1S/C13H18N3S/c1-10(2)12-4-5-15-16(8-12)7-11(3)13-6-14-9-17-13/h4-6,8-11H,7H2,1-3H3/q-1/t11-/m1/s1. The minimum Gasteiger partial charge on any atom is -0.601 e. The molecule has 3 nitrogen and oxygen atoms in total. The number of nitrogens with zero attached hydrogens (tertiary/aromatic N) is 3. The van der Waals surface area contributed by atoms with Gasteiger partial charge in [0.05, 0.1) is 5.51 Å². The van der Waals surface area contributed by atoms with Crippen LogP contribution < -0.4 is 0 Å². The van der Waals surface area contributed by atoms with Gasteiger partial charge in [-0.15, -0.1) is 11.3 Å². The highest BCUT2D eigenvalue weighted by atomic mass is 32.1. The molecule has 1 aromatic heterocycles. The molecular formula is C13H18N3S-. The Morgan fingerprint density at radius 2 is 2.24 bits per heavy atom. The Labute approximate surface area is 107 Å². The molecule has 0 N–H and O–H groups in total. The summed E-state index contributed by atoms with van der Waals surface area (Å²) >= 11 is 1.71. The van der Waals surface area contributed by atoms with Gasteiger partial charge in [0.25, 0.3) is 0 Å². The van der Waals surface area contributed by atoms with Crippen LogP contribution in [0.2, 0.25) is 0 Å². The lowest BCUT2D eigenvalue weighted by Crippen LogP contribution is -2.20. The van der Waals surface area contributed by atoms with Gasteiger partial charge in [-0.05, 0) is 17.7 Å². The maximum Gasteiger partial charge on any atom is 0.0794 e. The van der Waals surface area contributed by atoms with Crippen LogP contribution in [0.15, 0.2) is 35.8 Å². The van der Waals surface area contributed by atoms with Crippen molar-refractivity contribution >= 4 is 11.3 Å². The van der Waals surface area contributed by atoms with Gasteiger partial charge in [0.15, 0.2) is 0 Å². The minimum absolute atomic E-state index is 0.461. The maximum atomic E-state index is 4.37. The van der Waals surface area contributed by atoms with Gasteiger partial charge in [-0.1, -0.05) is 26.8 Å². The van der Waals surface area contributed by atoms with Crippen molar-refractivity contribution in [3.8, 4) is 0 Å². The molecule has 4 heteroatoms. The number of allylic oxidation sites excluding steroid dienone is 2. The van der Waals surface area contributed by atoms with Crippen LogP contribution in [0.25, 0.3) is 5.43 Å². The van der Waals surface area contributed by atoms with Crippen LogP contribution >= 0.6 is 11.3 Å². The van der Waals surface area contributed by atoms with Gasteiger partial charge in [-0.2, -0.15) is 6.20 Å². The van der Waals surface area contributed by atoms with E-state index in [2.05, 4.69) is 43.5 Å². The lowest BCUT2D eigenvalue weighted by molar-refractivity contribution is 0.437. The molecule has 17 heavy (non-hydrogen) atoms. The quantitative estimate of drug-likeness (QED) is 0.808. The lowest BCUT2D eigenvalue weighted by atomic mass is 10.0. The molecule has 0 saturated carbocycles. The summed E-state index contributed by atoms with van der Waals surface area (Å²) in [4.78, 5) is 5.43. The molecule has 0 radical (unpaired) electrons. The summed E-state index contributed by atoms with van der Waals surface area (Å²) in [5, 5.41) is 2.03. The summed E-state index contributed by atoms with van der Waals surface area (Å²) < 4.78 is 0. The van der Waals surface area contributed by atoms with Gasteiger partial charge >= 0.3 is 0 Å². The molecule has 0 spiro atoms. The number of aromatic nitrogens is 1. The Kier molecular flexibility index (Phi) is 3.84. The first-order valence-electron chi connectivity index (χ1n) is 5.91. The topological polar surface area (TPSA) is 30.2 Å². The highest BCUT2D eigenvalue weighted by molar-refractivity contribution is 7.09. The second-order valence-electron chi connectivity index (χ2n) is 4.64. The van der Waals surface area contributed by atoms with Gasteiger partial charge in [0.1, 0.15) is 0 Å². The Balaban J connectivity index is 1.98. The van der Waals surface area contributed by atoms with Gasteiger partial charge in [-0.3, -0.25) is 4.98 Å². The lowest BCUT2D eigenvalue weighted by Gasteiger charge is -2.40. The molecule has 0 amide bonds. The number of hydrogen-bond donors (Lipinski definition) is 0. The summed E-state index contributed by atoms with van der Waals surface area (Å²) in [7, 11) is 0. The third kappa shape index (κ3) is 3.09. The fraction of sp³-hybridized carbons (Fsp3) is 0.462. The van der Waals surface area contributed by atoms with Crippen LogP contribution in [-0.4, -0.2) is 16.5 Å². The first-order valence-corrected chi connectivity index (χ1v) is 6.79. The molecule has 2 rings (SSSR count). The van der Waals surface area contributed by atoms with Gasteiger partial charge in [0.2, 0.25) is 0 Å². The molecule has 0 saturated heterocycles. The Morgan fingerprint density at radius 1 is 1.41 bits per heavy atom. The Morgan fingerprint density at radius 3 is 2.88 bits per heavy atom. The Hall–Kier alpha value is -1.29. The molecule has 2 heterocycles. The SMILES string of the molecule is CC(C)C1=CN(C[C@@H](C)c2cncs2)[N-]C=C1. The van der Waals surface area contributed by atoms with Crippen molar-refractivity contribution in [1.29, 1.82) is 0 Å². The first kappa shape index (κ1) is 12.2. The van der Waals surface area contributed by atoms with E-state index in [1.54, 1.807) is 11.3 Å². The molecule has 0 fully saturated rings. The second kappa shape index (κ2) is 5.36. The van der Waals surface area contributed by atoms with E-state index >= 15 is 0 Å². The van der Waals surface area contributed by atoms with Crippen molar-refractivity contribution in [2.75, 3.05) is 6.54 Å². The molecule has 1 atom stereocenters. The minimum atomic E-state index is 0.461. The first-order chi connectivity index (χ1) is 8.16. The van der Waals surface area contributed by atoms with Crippen molar-refractivity contribution in [3.63, 3.8) is 0 Å². The maximum absolute atomic E-state index is 4.37. The molecule has 1 aliphatic rings. The highest BCUT2D eigenvalue weighted by Gasteiger charge is 2.09. The van der Waals surface area contributed by atoms with Crippen LogP contribution in [0.5, 0.6) is 0 Å². The zero-order valence-corrected chi connectivity index (χ0v) is 11.3. The van der Waals surface area contributed by atoms with Crippen molar-refractivity contribution < 1.29 is 0 Å². The predicted octanol–water partition coefficient (Wildman–Crippen LogP) is 3.90. The fourth-order valence-corrected chi connectivity index (χ4v) is 2.41. The monoisotopic (exact) mass is 248 g/mol. The molecule has 0 unspecified atom stereocenters. The van der Waals surface area contributed by atoms with E-state index in [9.17, 15) is 0 Å². The van der Waals surface area contributed by atoms with E-state index in [-0.39, 0.29) is 0 Å². The van der Waals surface area contributed by atoms with Gasteiger partial charge < -0.3 is 10.4 Å². The average Bonchev–Trinajstić information content (AvgIpc) is 2.82. The van der Waals surface area contributed by atoms with Crippen LogP contribution in [-0.2, 0) is 0 Å².